The fourth-order valence-electron chi connectivity index (χ4n) is 2.81. The molecule has 0 aliphatic heterocycles. The lowest BCUT2D eigenvalue weighted by Crippen LogP contribution is -2.07. The Morgan fingerprint density at radius 1 is 1.15 bits per heavy atom. The van der Waals surface area contributed by atoms with E-state index in [2.05, 4.69) is 4.74 Å². The molecule has 0 aliphatic rings. The molecule has 1 aromatic carbocycles. The molecule has 0 bridgehead atoms. The summed E-state index contributed by atoms with van der Waals surface area (Å²) in [5.74, 6) is -0.0756. The topological polar surface area (TPSA) is 78.9 Å². The van der Waals surface area contributed by atoms with E-state index in [4.69, 9.17) is 13.6 Å². The van der Waals surface area contributed by atoms with E-state index in [1.54, 1.807) is 13.2 Å². The Morgan fingerprint density at radius 3 is 2.65 bits per heavy atom. The minimum Gasteiger partial charge on any atom is -0.465 e. The minimum atomic E-state index is -0.487. The Balaban J connectivity index is 1.67. The van der Waals surface area contributed by atoms with Crippen LogP contribution < -0.4 is 0 Å². The van der Waals surface area contributed by atoms with Crippen LogP contribution in [0.2, 0.25) is 0 Å². The lowest BCUT2D eigenvalue weighted by atomic mass is 10.0. The van der Waals surface area contributed by atoms with Gasteiger partial charge in [0.05, 0.1) is 19.8 Å². The zero-order chi connectivity index (χ0) is 18.8. The maximum atomic E-state index is 12.2. The lowest BCUT2D eigenvalue weighted by molar-refractivity contribution is -0.144. The molecule has 3 aromatic rings. The minimum absolute atomic E-state index is 0.0510. The SMILES string of the molecule is COC(=O)c1cc(COC(=O)Cc2coc3c(C)c(C)ccc23)oc1C. The number of fused-ring (bicyclic) bond motifs is 1. The highest BCUT2D eigenvalue weighted by molar-refractivity contribution is 5.90. The first-order valence-corrected chi connectivity index (χ1v) is 8.20. The third-order valence-corrected chi connectivity index (χ3v) is 4.43. The van der Waals surface area contributed by atoms with Crippen molar-refractivity contribution in [2.75, 3.05) is 7.11 Å². The second-order valence-electron chi connectivity index (χ2n) is 6.16. The Bertz CT molecular complexity index is 976. The Kier molecular flexibility index (Phi) is 4.84. The average molecular weight is 356 g/mol. The molecule has 0 spiro atoms. The van der Waals surface area contributed by atoms with Crippen LogP contribution in [0.1, 0.15) is 38.6 Å². The van der Waals surface area contributed by atoms with Crippen LogP contribution in [0.3, 0.4) is 0 Å². The van der Waals surface area contributed by atoms with Crippen molar-refractivity contribution in [2.24, 2.45) is 0 Å². The number of aryl methyl sites for hydroxylation is 3. The van der Waals surface area contributed by atoms with Gasteiger partial charge in [-0.2, -0.15) is 0 Å². The van der Waals surface area contributed by atoms with Crippen molar-refractivity contribution in [3.63, 3.8) is 0 Å². The van der Waals surface area contributed by atoms with E-state index in [1.165, 1.54) is 13.2 Å². The molecule has 0 radical (unpaired) electrons. The second-order valence-corrected chi connectivity index (χ2v) is 6.16. The summed E-state index contributed by atoms with van der Waals surface area (Å²) >= 11 is 0. The third-order valence-electron chi connectivity index (χ3n) is 4.43. The number of ether oxygens (including phenoxy) is 2. The van der Waals surface area contributed by atoms with E-state index in [0.29, 0.717) is 17.1 Å². The van der Waals surface area contributed by atoms with Gasteiger partial charge in [0, 0.05) is 10.9 Å². The zero-order valence-electron chi connectivity index (χ0n) is 15.2. The van der Waals surface area contributed by atoms with Gasteiger partial charge in [-0.25, -0.2) is 4.79 Å². The molecule has 6 nitrogen and oxygen atoms in total. The van der Waals surface area contributed by atoms with Crippen LogP contribution in [-0.4, -0.2) is 19.0 Å². The van der Waals surface area contributed by atoms with Gasteiger partial charge in [0.2, 0.25) is 0 Å². The molecular formula is C20H20O6. The molecule has 0 N–H and O–H groups in total. The van der Waals surface area contributed by atoms with Gasteiger partial charge in [-0.05, 0) is 38.0 Å². The van der Waals surface area contributed by atoms with Crippen molar-refractivity contribution in [2.45, 2.75) is 33.8 Å². The summed E-state index contributed by atoms with van der Waals surface area (Å²) in [6.07, 6.45) is 1.68. The number of rotatable bonds is 5. The highest BCUT2D eigenvalue weighted by Gasteiger charge is 2.17. The van der Waals surface area contributed by atoms with Gasteiger partial charge in [0.15, 0.2) is 0 Å². The fraction of sp³-hybridized carbons (Fsp3) is 0.300. The van der Waals surface area contributed by atoms with Crippen molar-refractivity contribution >= 4 is 22.9 Å². The molecule has 0 aliphatic carbocycles. The molecule has 2 heterocycles. The first-order valence-electron chi connectivity index (χ1n) is 8.20. The van der Waals surface area contributed by atoms with Crippen LogP contribution in [0.15, 0.2) is 33.3 Å². The Morgan fingerprint density at radius 2 is 1.92 bits per heavy atom. The molecule has 0 fully saturated rings. The quantitative estimate of drug-likeness (QED) is 0.642. The summed E-state index contributed by atoms with van der Waals surface area (Å²) in [7, 11) is 1.30. The first kappa shape index (κ1) is 17.8. The summed E-state index contributed by atoms with van der Waals surface area (Å²) < 4.78 is 21.0. The number of carbonyl (C=O) groups is 2. The summed E-state index contributed by atoms with van der Waals surface area (Å²) in [4.78, 5) is 23.7. The Hall–Kier alpha value is -3.02. The zero-order valence-corrected chi connectivity index (χ0v) is 15.2. The number of esters is 2. The van der Waals surface area contributed by atoms with Crippen LogP contribution in [0.4, 0.5) is 0 Å². The van der Waals surface area contributed by atoms with E-state index in [-0.39, 0.29) is 13.0 Å². The van der Waals surface area contributed by atoms with E-state index in [0.717, 1.165) is 27.7 Å². The Labute approximate surface area is 150 Å². The molecule has 26 heavy (non-hydrogen) atoms. The third kappa shape index (κ3) is 3.35. The molecule has 136 valence electrons. The standard InChI is InChI=1S/C20H20O6/c1-11-5-6-16-14(9-25-19(16)12(11)2)7-18(21)24-10-15-8-17(13(3)26-15)20(22)23-4/h5-6,8-9H,7,10H2,1-4H3. The average Bonchev–Trinajstić information content (AvgIpc) is 3.19. The van der Waals surface area contributed by atoms with Crippen molar-refractivity contribution in [3.05, 3.63) is 58.2 Å². The van der Waals surface area contributed by atoms with Gasteiger partial charge in [0.25, 0.3) is 0 Å². The summed E-state index contributed by atoms with van der Waals surface area (Å²) in [5, 5.41) is 0.909. The molecule has 6 heteroatoms. The van der Waals surface area contributed by atoms with Gasteiger partial charge >= 0.3 is 11.9 Å². The van der Waals surface area contributed by atoms with E-state index < -0.39 is 11.9 Å². The van der Waals surface area contributed by atoms with Crippen LogP contribution in [-0.2, 0) is 27.3 Å². The largest absolute Gasteiger partial charge is 0.465 e. The molecule has 0 amide bonds. The number of hydrogen-bond acceptors (Lipinski definition) is 6. The highest BCUT2D eigenvalue weighted by atomic mass is 16.5. The fourth-order valence-corrected chi connectivity index (χ4v) is 2.81. The summed E-state index contributed by atoms with van der Waals surface area (Å²) in [5.41, 5.74) is 4.08. The van der Waals surface area contributed by atoms with Crippen LogP contribution >= 0.6 is 0 Å². The number of carbonyl (C=O) groups excluding carboxylic acids is 2. The summed E-state index contributed by atoms with van der Waals surface area (Å²) in [6.45, 7) is 5.60. The predicted octanol–water partition coefficient (Wildman–Crippen LogP) is 4.02. The maximum Gasteiger partial charge on any atom is 0.341 e. The molecule has 0 unspecified atom stereocenters. The monoisotopic (exact) mass is 356 g/mol. The van der Waals surface area contributed by atoms with E-state index in [1.807, 2.05) is 26.0 Å². The molecule has 0 saturated carbocycles. The highest BCUT2D eigenvalue weighted by Crippen LogP contribution is 2.27. The van der Waals surface area contributed by atoms with Gasteiger partial charge < -0.3 is 18.3 Å². The number of benzene rings is 1. The maximum absolute atomic E-state index is 12.2. The normalized spacial score (nSPS) is 10.9. The number of furan rings is 2. The molecule has 0 saturated heterocycles. The predicted molar refractivity (Wildman–Crippen MR) is 94.0 cm³/mol. The van der Waals surface area contributed by atoms with Gasteiger partial charge in [-0.1, -0.05) is 12.1 Å². The lowest BCUT2D eigenvalue weighted by Gasteiger charge is -2.03. The molecular weight excluding hydrogens is 336 g/mol. The van der Waals surface area contributed by atoms with Crippen molar-refractivity contribution < 1.29 is 27.9 Å². The number of hydrogen-bond donors (Lipinski definition) is 0. The van der Waals surface area contributed by atoms with Gasteiger partial charge in [0.1, 0.15) is 29.3 Å². The molecule has 0 atom stereocenters. The van der Waals surface area contributed by atoms with Crippen molar-refractivity contribution in [1.29, 1.82) is 0 Å². The first-order chi connectivity index (χ1) is 12.4. The summed E-state index contributed by atoms with van der Waals surface area (Å²) in [6, 6.07) is 5.47. The van der Waals surface area contributed by atoms with Crippen molar-refractivity contribution in [1.82, 2.24) is 0 Å². The molecule has 3 rings (SSSR count). The van der Waals surface area contributed by atoms with Crippen molar-refractivity contribution in [3.8, 4) is 0 Å². The van der Waals surface area contributed by atoms with Gasteiger partial charge in [-0.3, -0.25) is 4.79 Å². The van der Waals surface area contributed by atoms with Crippen LogP contribution in [0, 0.1) is 20.8 Å². The number of methoxy groups -OCH3 is 1. The van der Waals surface area contributed by atoms with E-state index in [9.17, 15) is 9.59 Å². The molecule has 2 aromatic heterocycles. The van der Waals surface area contributed by atoms with Crippen LogP contribution in [0.25, 0.3) is 11.0 Å². The van der Waals surface area contributed by atoms with Gasteiger partial charge in [-0.15, -0.1) is 0 Å². The second kappa shape index (κ2) is 7.07. The van der Waals surface area contributed by atoms with Crippen LogP contribution in [0.5, 0.6) is 0 Å². The smallest absolute Gasteiger partial charge is 0.341 e. The van der Waals surface area contributed by atoms with E-state index >= 15 is 0 Å².